The summed E-state index contributed by atoms with van der Waals surface area (Å²) in [7, 11) is 0. The maximum absolute atomic E-state index is 12.9. The molecule has 5 heteroatoms. The van der Waals surface area contributed by atoms with Gasteiger partial charge in [-0.15, -0.1) is 0 Å². The Morgan fingerprint density at radius 3 is 2.47 bits per heavy atom. The molecule has 1 heterocycles. The number of H-pyrrole nitrogens is 1. The van der Waals surface area contributed by atoms with E-state index >= 15 is 0 Å². The molecule has 0 radical (unpaired) electrons. The van der Waals surface area contributed by atoms with E-state index in [9.17, 15) is 14.7 Å². The summed E-state index contributed by atoms with van der Waals surface area (Å²) in [4.78, 5) is 27.7. The summed E-state index contributed by atoms with van der Waals surface area (Å²) in [5.41, 5.74) is 5.26. The molecule has 2 N–H and O–H groups in total. The molecular weight excluding hydrogens is 400 g/mol. The van der Waals surface area contributed by atoms with Gasteiger partial charge < -0.3 is 10.1 Å². The van der Waals surface area contributed by atoms with E-state index < -0.39 is 5.97 Å². The van der Waals surface area contributed by atoms with Crippen molar-refractivity contribution in [3.05, 3.63) is 81.5 Å². The van der Waals surface area contributed by atoms with Gasteiger partial charge in [0.15, 0.2) is 0 Å². The number of imidazole rings is 1. The number of rotatable bonds is 8. The first kappa shape index (κ1) is 22.1. The van der Waals surface area contributed by atoms with Gasteiger partial charge in [0.25, 0.3) is 0 Å². The number of carbonyl (C=O) groups is 1. The average Bonchev–Trinajstić information content (AvgIpc) is 3.13. The summed E-state index contributed by atoms with van der Waals surface area (Å²) in [5.74, 6) is -0.922. The summed E-state index contributed by atoms with van der Waals surface area (Å²) >= 11 is 0. The summed E-state index contributed by atoms with van der Waals surface area (Å²) < 4.78 is 2.04. The predicted molar refractivity (Wildman–Crippen MR) is 127 cm³/mol. The zero-order valence-corrected chi connectivity index (χ0v) is 18.8. The minimum Gasteiger partial charge on any atom is -0.478 e. The molecule has 5 nitrogen and oxygen atoms in total. The first-order chi connectivity index (χ1) is 15.6. The molecule has 1 aliphatic carbocycles. The van der Waals surface area contributed by atoms with Crippen molar-refractivity contribution in [2.75, 3.05) is 0 Å². The lowest BCUT2D eigenvalue weighted by Gasteiger charge is -2.24. The van der Waals surface area contributed by atoms with Gasteiger partial charge in [0.05, 0.1) is 5.56 Å². The van der Waals surface area contributed by atoms with Crippen LogP contribution < -0.4 is 5.69 Å². The molecular formula is C27H32N2O3. The number of benzene rings is 2. The number of hydrogen-bond acceptors (Lipinski definition) is 2. The van der Waals surface area contributed by atoms with Crippen molar-refractivity contribution in [2.45, 2.75) is 70.8 Å². The van der Waals surface area contributed by atoms with E-state index in [-0.39, 0.29) is 5.69 Å². The fraction of sp³-hybridized carbons (Fsp3) is 0.407. The normalized spacial score (nSPS) is 14.5. The minimum absolute atomic E-state index is 0.0324. The maximum atomic E-state index is 12.9. The number of aromatic amines is 1. The predicted octanol–water partition coefficient (Wildman–Crippen LogP) is 5.98. The van der Waals surface area contributed by atoms with Crippen LogP contribution in [0, 0.1) is 0 Å². The Morgan fingerprint density at radius 1 is 1.06 bits per heavy atom. The second-order valence-electron chi connectivity index (χ2n) is 8.85. The van der Waals surface area contributed by atoms with Gasteiger partial charge in [-0.2, -0.15) is 0 Å². The van der Waals surface area contributed by atoms with Gasteiger partial charge in [0, 0.05) is 23.9 Å². The first-order valence-corrected chi connectivity index (χ1v) is 11.8. The molecule has 0 bridgehead atoms. The van der Waals surface area contributed by atoms with Crippen molar-refractivity contribution in [3.63, 3.8) is 0 Å². The Kier molecular flexibility index (Phi) is 6.93. The molecule has 0 unspecified atom stereocenters. The van der Waals surface area contributed by atoms with E-state index in [1.807, 2.05) is 28.8 Å². The summed E-state index contributed by atoms with van der Waals surface area (Å²) in [6, 6.07) is 15.5. The Morgan fingerprint density at radius 2 is 1.78 bits per heavy atom. The molecule has 0 aliphatic heterocycles. The minimum atomic E-state index is -0.922. The van der Waals surface area contributed by atoms with Gasteiger partial charge in [0.2, 0.25) is 0 Å². The Labute approximate surface area is 189 Å². The molecule has 4 rings (SSSR count). The molecule has 0 saturated heterocycles. The number of aromatic nitrogens is 2. The highest BCUT2D eigenvalue weighted by Crippen LogP contribution is 2.30. The number of hydrogen-bond donors (Lipinski definition) is 2. The lowest BCUT2D eigenvalue weighted by atomic mass is 9.94. The number of unbranched alkanes of at least 4 members (excludes halogenated alkanes) is 1. The highest BCUT2D eigenvalue weighted by molar-refractivity contribution is 5.95. The molecule has 32 heavy (non-hydrogen) atoms. The van der Waals surface area contributed by atoms with Crippen LogP contribution in [0.15, 0.2) is 53.3 Å². The van der Waals surface area contributed by atoms with Crippen LogP contribution in [0.2, 0.25) is 0 Å². The van der Waals surface area contributed by atoms with Crippen molar-refractivity contribution < 1.29 is 9.90 Å². The molecule has 0 spiro atoms. The number of carboxylic acids is 1. The Bertz CT molecular complexity index is 1120. The number of nitrogens with zero attached hydrogens (tertiary/aromatic N) is 1. The summed E-state index contributed by atoms with van der Waals surface area (Å²) in [6.07, 6.45) is 9.52. The average molecular weight is 433 g/mol. The molecule has 1 saturated carbocycles. The topological polar surface area (TPSA) is 75.1 Å². The second kappa shape index (κ2) is 10.0. The van der Waals surface area contributed by atoms with Crippen LogP contribution in [0.4, 0.5) is 0 Å². The van der Waals surface area contributed by atoms with Crippen molar-refractivity contribution in [3.8, 4) is 11.1 Å². The van der Waals surface area contributed by atoms with Crippen molar-refractivity contribution >= 4 is 5.97 Å². The van der Waals surface area contributed by atoms with Crippen LogP contribution in [0.25, 0.3) is 11.1 Å². The standard InChI is InChI=1S/C27H32N2O3/c1-2-3-13-24-25(29(27(32)28-24)21-9-5-4-6-10-21)18-19-14-16-20(17-15-19)22-11-7-8-12-23(22)26(30)31/h7-8,11-12,14-17,21H,2-6,9-10,13,18H2,1H3,(H,28,32)(H,30,31). The molecule has 1 fully saturated rings. The summed E-state index contributed by atoms with van der Waals surface area (Å²) in [5, 5.41) is 9.50. The molecule has 168 valence electrons. The van der Waals surface area contributed by atoms with E-state index in [0.29, 0.717) is 18.0 Å². The van der Waals surface area contributed by atoms with Crippen molar-refractivity contribution in [1.82, 2.24) is 9.55 Å². The monoisotopic (exact) mass is 432 g/mol. The molecule has 1 aromatic heterocycles. The van der Waals surface area contributed by atoms with E-state index in [1.54, 1.807) is 12.1 Å². The van der Waals surface area contributed by atoms with E-state index in [4.69, 9.17) is 0 Å². The van der Waals surface area contributed by atoms with Crippen molar-refractivity contribution in [2.24, 2.45) is 0 Å². The summed E-state index contributed by atoms with van der Waals surface area (Å²) in [6.45, 7) is 2.17. The fourth-order valence-corrected chi connectivity index (χ4v) is 4.92. The molecule has 1 aliphatic rings. The molecule has 2 aromatic carbocycles. The molecule has 3 aromatic rings. The van der Waals surface area contributed by atoms with Gasteiger partial charge in [-0.05, 0) is 48.4 Å². The third kappa shape index (κ3) is 4.72. The lowest BCUT2D eigenvalue weighted by Crippen LogP contribution is -2.26. The van der Waals surface area contributed by atoms with Crippen molar-refractivity contribution in [1.29, 1.82) is 0 Å². The van der Waals surface area contributed by atoms with E-state index in [0.717, 1.165) is 60.2 Å². The van der Waals surface area contributed by atoms with Gasteiger partial charge in [-0.1, -0.05) is 75.1 Å². The van der Waals surface area contributed by atoms with Gasteiger partial charge >= 0.3 is 11.7 Å². The highest BCUT2D eigenvalue weighted by atomic mass is 16.4. The van der Waals surface area contributed by atoms with Crippen LogP contribution in [-0.4, -0.2) is 20.6 Å². The Balaban J connectivity index is 1.65. The van der Waals surface area contributed by atoms with Crippen LogP contribution in [0.3, 0.4) is 0 Å². The van der Waals surface area contributed by atoms with Crippen LogP contribution in [0.1, 0.15) is 85.2 Å². The zero-order valence-electron chi connectivity index (χ0n) is 18.8. The van der Waals surface area contributed by atoms with Gasteiger partial charge in [-0.25, -0.2) is 9.59 Å². The molecule has 0 atom stereocenters. The number of aryl methyl sites for hydroxylation is 1. The maximum Gasteiger partial charge on any atom is 0.336 e. The lowest BCUT2D eigenvalue weighted by molar-refractivity contribution is 0.0697. The largest absolute Gasteiger partial charge is 0.478 e. The quantitative estimate of drug-likeness (QED) is 0.460. The van der Waals surface area contributed by atoms with Crippen LogP contribution in [0.5, 0.6) is 0 Å². The SMILES string of the molecule is CCCCc1[nH]c(=O)n(C2CCCCC2)c1Cc1ccc(-c2ccccc2C(=O)O)cc1. The number of nitrogens with one attached hydrogen (secondary N) is 1. The van der Waals surface area contributed by atoms with Crippen LogP contribution >= 0.6 is 0 Å². The fourth-order valence-electron chi connectivity index (χ4n) is 4.92. The zero-order chi connectivity index (χ0) is 22.5. The van der Waals surface area contributed by atoms with Gasteiger partial charge in [-0.3, -0.25) is 4.57 Å². The Hall–Kier alpha value is -3.08. The molecule has 0 amide bonds. The van der Waals surface area contributed by atoms with E-state index in [2.05, 4.69) is 24.0 Å². The van der Waals surface area contributed by atoms with Crippen LogP contribution in [-0.2, 0) is 12.8 Å². The van der Waals surface area contributed by atoms with E-state index in [1.165, 1.54) is 19.3 Å². The third-order valence-corrected chi connectivity index (χ3v) is 6.63. The smallest absolute Gasteiger partial charge is 0.336 e. The van der Waals surface area contributed by atoms with Gasteiger partial charge in [0.1, 0.15) is 0 Å². The first-order valence-electron chi connectivity index (χ1n) is 11.8. The number of carboxylic acid groups (broad SMARTS) is 1. The second-order valence-corrected chi connectivity index (χ2v) is 8.85. The highest BCUT2D eigenvalue weighted by Gasteiger charge is 2.23. The third-order valence-electron chi connectivity index (χ3n) is 6.63. The number of aromatic carboxylic acids is 1.